The molecule has 3 aromatic rings. The number of fused-ring (bicyclic) bond motifs is 1. The highest BCUT2D eigenvalue weighted by atomic mass is 35.5. The molecular formula is C18H14ClN5O. The average Bonchev–Trinajstić information content (AvgIpc) is 3.09. The van der Waals surface area contributed by atoms with Crippen molar-refractivity contribution in [2.45, 2.75) is 6.54 Å². The van der Waals surface area contributed by atoms with Crippen molar-refractivity contribution in [3.8, 4) is 6.07 Å². The summed E-state index contributed by atoms with van der Waals surface area (Å²) in [5.74, 6) is -0.451. The van der Waals surface area contributed by atoms with Crippen LogP contribution in [0.3, 0.4) is 0 Å². The molecule has 0 aliphatic heterocycles. The van der Waals surface area contributed by atoms with Crippen molar-refractivity contribution in [3.05, 3.63) is 71.0 Å². The van der Waals surface area contributed by atoms with Crippen molar-refractivity contribution in [3.63, 3.8) is 0 Å². The summed E-state index contributed by atoms with van der Waals surface area (Å²) in [6.07, 6.45) is 3.11. The summed E-state index contributed by atoms with van der Waals surface area (Å²) in [7, 11) is 0. The molecule has 0 unspecified atom stereocenters. The fraction of sp³-hybridized carbons (Fsp3) is 0.0556. The van der Waals surface area contributed by atoms with Crippen molar-refractivity contribution < 1.29 is 4.79 Å². The van der Waals surface area contributed by atoms with Crippen LogP contribution in [-0.2, 0) is 11.3 Å². The minimum absolute atomic E-state index is 0.0151. The van der Waals surface area contributed by atoms with Crippen LogP contribution in [0, 0.1) is 11.3 Å². The molecule has 2 aromatic carbocycles. The van der Waals surface area contributed by atoms with E-state index >= 15 is 0 Å². The number of nitrogens with zero attached hydrogens (tertiary/aromatic N) is 2. The number of rotatable bonds is 5. The van der Waals surface area contributed by atoms with E-state index < -0.39 is 5.91 Å². The molecule has 1 amide bonds. The van der Waals surface area contributed by atoms with Crippen molar-refractivity contribution in [2.24, 2.45) is 0 Å². The van der Waals surface area contributed by atoms with Crippen molar-refractivity contribution >= 4 is 34.1 Å². The standard InChI is InChI=1S/C18H14ClN5O/c19-15-4-1-12(2-5-15)9-22-18(25)14(8-20)10-21-16-6-3-13-11-23-24-17(13)7-16/h1-7,10-11,21H,9H2,(H,22,25)(H,23,24)/b14-10-. The molecule has 0 saturated carbocycles. The molecule has 0 spiro atoms. The fourth-order valence-corrected chi connectivity index (χ4v) is 2.34. The SMILES string of the molecule is N#C/C(=C/Nc1ccc2cn[nH]c2c1)C(=O)NCc1ccc(Cl)cc1. The highest BCUT2D eigenvalue weighted by Gasteiger charge is 2.08. The largest absolute Gasteiger partial charge is 0.360 e. The second kappa shape index (κ2) is 7.51. The Bertz CT molecular complexity index is 969. The maximum absolute atomic E-state index is 12.1. The van der Waals surface area contributed by atoms with Crippen LogP contribution >= 0.6 is 11.6 Å². The molecule has 7 heteroatoms. The number of benzene rings is 2. The van der Waals surface area contributed by atoms with Gasteiger partial charge in [-0.3, -0.25) is 9.89 Å². The number of aromatic amines is 1. The number of anilines is 1. The van der Waals surface area contributed by atoms with Crippen molar-refractivity contribution in [1.29, 1.82) is 5.26 Å². The summed E-state index contributed by atoms with van der Waals surface area (Å²) in [5, 5.41) is 23.3. The van der Waals surface area contributed by atoms with E-state index in [1.54, 1.807) is 18.3 Å². The molecule has 6 nitrogen and oxygen atoms in total. The second-order valence-electron chi connectivity index (χ2n) is 5.30. The van der Waals surface area contributed by atoms with Crippen molar-refractivity contribution in [1.82, 2.24) is 15.5 Å². The van der Waals surface area contributed by atoms with E-state index in [0.29, 0.717) is 11.6 Å². The first-order valence-corrected chi connectivity index (χ1v) is 7.86. The van der Waals surface area contributed by atoms with Crippen LogP contribution in [0.4, 0.5) is 5.69 Å². The molecule has 124 valence electrons. The summed E-state index contributed by atoms with van der Waals surface area (Å²) in [6, 6.07) is 14.6. The summed E-state index contributed by atoms with van der Waals surface area (Å²) in [5.41, 5.74) is 2.49. The number of H-pyrrole nitrogens is 1. The number of halogens is 1. The van der Waals surface area contributed by atoms with Crippen LogP contribution < -0.4 is 10.6 Å². The third kappa shape index (κ3) is 4.16. The Morgan fingerprint density at radius 1 is 1.28 bits per heavy atom. The van der Waals surface area contributed by atoms with Crippen molar-refractivity contribution in [2.75, 3.05) is 5.32 Å². The van der Waals surface area contributed by atoms with Crippen LogP contribution in [0.5, 0.6) is 0 Å². The van der Waals surface area contributed by atoms with Crippen LogP contribution in [0.25, 0.3) is 10.9 Å². The summed E-state index contributed by atoms with van der Waals surface area (Å²) in [6.45, 7) is 0.315. The zero-order valence-corrected chi connectivity index (χ0v) is 13.8. The van der Waals surface area contributed by atoms with Gasteiger partial charge in [0.2, 0.25) is 0 Å². The molecule has 0 fully saturated rings. The molecule has 1 aromatic heterocycles. The zero-order valence-electron chi connectivity index (χ0n) is 13.1. The van der Waals surface area contributed by atoms with E-state index in [2.05, 4.69) is 20.8 Å². The zero-order chi connectivity index (χ0) is 17.6. The van der Waals surface area contributed by atoms with Gasteiger partial charge >= 0.3 is 0 Å². The summed E-state index contributed by atoms with van der Waals surface area (Å²) < 4.78 is 0. The highest BCUT2D eigenvalue weighted by Crippen LogP contribution is 2.16. The maximum Gasteiger partial charge on any atom is 0.263 e. The van der Waals surface area contributed by atoms with Gasteiger partial charge in [0, 0.05) is 28.8 Å². The average molecular weight is 352 g/mol. The molecule has 0 aliphatic carbocycles. The molecule has 0 saturated heterocycles. The normalized spacial score (nSPS) is 11.1. The smallest absolute Gasteiger partial charge is 0.263 e. The van der Waals surface area contributed by atoms with Crippen LogP contribution in [0.15, 0.2) is 60.4 Å². The van der Waals surface area contributed by atoms with Crippen LogP contribution in [0.1, 0.15) is 5.56 Å². The third-order valence-corrected chi connectivity index (χ3v) is 3.81. The lowest BCUT2D eigenvalue weighted by atomic mass is 10.2. The number of carbonyl (C=O) groups is 1. The molecule has 3 N–H and O–H groups in total. The van der Waals surface area contributed by atoms with Gasteiger partial charge in [0.25, 0.3) is 5.91 Å². The molecule has 25 heavy (non-hydrogen) atoms. The molecule has 0 bridgehead atoms. The Kier molecular flexibility index (Phi) is 4.97. The van der Waals surface area contributed by atoms with Crippen LogP contribution in [0.2, 0.25) is 5.02 Å². The minimum Gasteiger partial charge on any atom is -0.360 e. The first-order chi connectivity index (χ1) is 12.2. The van der Waals surface area contributed by atoms with Gasteiger partial charge in [0.15, 0.2) is 0 Å². The number of hydrogen-bond acceptors (Lipinski definition) is 4. The lowest BCUT2D eigenvalue weighted by molar-refractivity contribution is -0.117. The Balaban J connectivity index is 1.63. The lowest BCUT2D eigenvalue weighted by Crippen LogP contribution is -2.24. The predicted molar refractivity (Wildman–Crippen MR) is 96.7 cm³/mol. The number of hydrogen-bond donors (Lipinski definition) is 3. The van der Waals surface area contributed by atoms with E-state index in [1.165, 1.54) is 6.20 Å². The maximum atomic E-state index is 12.1. The van der Waals surface area contributed by atoms with Gasteiger partial charge in [-0.15, -0.1) is 0 Å². The number of nitrogens with one attached hydrogen (secondary N) is 3. The minimum atomic E-state index is -0.451. The molecule has 3 rings (SSSR count). The van der Waals surface area contributed by atoms with Gasteiger partial charge in [-0.05, 0) is 35.9 Å². The topological polar surface area (TPSA) is 93.6 Å². The first kappa shape index (κ1) is 16.6. The summed E-state index contributed by atoms with van der Waals surface area (Å²) >= 11 is 5.82. The van der Waals surface area contributed by atoms with E-state index in [9.17, 15) is 10.1 Å². The van der Waals surface area contributed by atoms with Crippen LogP contribution in [-0.4, -0.2) is 16.1 Å². The Morgan fingerprint density at radius 2 is 2.08 bits per heavy atom. The molecule has 0 atom stereocenters. The fourth-order valence-electron chi connectivity index (χ4n) is 2.21. The van der Waals surface area contributed by atoms with E-state index in [0.717, 1.165) is 22.2 Å². The highest BCUT2D eigenvalue weighted by molar-refractivity contribution is 6.30. The quantitative estimate of drug-likeness (QED) is 0.485. The van der Waals surface area contributed by atoms with Gasteiger partial charge in [0.1, 0.15) is 11.6 Å². The van der Waals surface area contributed by atoms with E-state index in [-0.39, 0.29) is 5.57 Å². The molecule has 0 radical (unpaired) electrons. The number of aromatic nitrogens is 2. The van der Waals surface area contributed by atoms with Gasteiger partial charge in [-0.2, -0.15) is 10.4 Å². The predicted octanol–water partition coefficient (Wildman–Crippen LogP) is 3.35. The first-order valence-electron chi connectivity index (χ1n) is 7.48. The van der Waals surface area contributed by atoms with E-state index in [1.807, 2.05) is 36.4 Å². The Hall–Kier alpha value is -3.30. The number of nitriles is 1. The Labute approximate surface area is 149 Å². The lowest BCUT2D eigenvalue weighted by Gasteiger charge is -2.06. The Morgan fingerprint density at radius 3 is 2.84 bits per heavy atom. The number of amides is 1. The second-order valence-corrected chi connectivity index (χ2v) is 5.73. The van der Waals surface area contributed by atoms with Gasteiger partial charge in [-0.1, -0.05) is 23.7 Å². The van der Waals surface area contributed by atoms with Gasteiger partial charge < -0.3 is 10.6 Å². The van der Waals surface area contributed by atoms with E-state index in [4.69, 9.17) is 11.6 Å². The summed E-state index contributed by atoms with van der Waals surface area (Å²) in [4.78, 5) is 12.1. The monoisotopic (exact) mass is 351 g/mol. The molecule has 1 heterocycles. The molecular weight excluding hydrogens is 338 g/mol. The number of carbonyl (C=O) groups excluding carboxylic acids is 1. The van der Waals surface area contributed by atoms with Gasteiger partial charge in [0.05, 0.1) is 11.7 Å². The van der Waals surface area contributed by atoms with Gasteiger partial charge in [-0.25, -0.2) is 0 Å². The molecule has 0 aliphatic rings. The third-order valence-electron chi connectivity index (χ3n) is 3.56.